The Morgan fingerprint density at radius 3 is 2.46 bits per heavy atom. The van der Waals surface area contributed by atoms with Crippen molar-refractivity contribution in [2.24, 2.45) is 0 Å². The van der Waals surface area contributed by atoms with Gasteiger partial charge in [-0.15, -0.1) is 0 Å². The molecule has 2 aromatic rings. The molecule has 1 amide bonds. The number of aryl methyl sites for hydroxylation is 2. The van der Waals surface area contributed by atoms with E-state index in [9.17, 15) is 14.3 Å². The molecule has 2 atom stereocenters. The maximum Gasteiger partial charge on any atom is 0.258 e. The zero-order valence-electron chi connectivity index (χ0n) is 14.0. The Bertz CT molecular complexity index is 700. The fourth-order valence-electron chi connectivity index (χ4n) is 2.28. The number of amides is 1. The van der Waals surface area contributed by atoms with Crippen molar-refractivity contribution in [2.75, 3.05) is 6.61 Å². The molecule has 0 aromatic heterocycles. The zero-order chi connectivity index (χ0) is 17.7. The molecule has 5 heteroatoms. The Morgan fingerprint density at radius 1 is 1.17 bits per heavy atom. The van der Waals surface area contributed by atoms with Gasteiger partial charge in [-0.3, -0.25) is 4.79 Å². The molecule has 0 saturated heterocycles. The number of ether oxygens (including phenoxy) is 1. The highest BCUT2D eigenvalue weighted by Crippen LogP contribution is 2.18. The van der Waals surface area contributed by atoms with Crippen LogP contribution < -0.4 is 10.1 Å². The summed E-state index contributed by atoms with van der Waals surface area (Å²) in [7, 11) is 0. The van der Waals surface area contributed by atoms with Crippen molar-refractivity contribution < 1.29 is 19.0 Å². The van der Waals surface area contributed by atoms with Crippen LogP contribution >= 0.6 is 0 Å². The van der Waals surface area contributed by atoms with Crippen molar-refractivity contribution in [3.05, 3.63) is 65.0 Å². The predicted octanol–water partition coefficient (Wildman–Crippen LogP) is 3.06. The molecule has 24 heavy (non-hydrogen) atoms. The van der Waals surface area contributed by atoms with Gasteiger partial charge in [0.2, 0.25) is 0 Å². The quantitative estimate of drug-likeness (QED) is 0.855. The molecular formula is C19H22FNO3. The van der Waals surface area contributed by atoms with Crippen molar-refractivity contribution >= 4 is 5.91 Å². The highest BCUT2D eigenvalue weighted by Gasteiger charge is 2.18. The van der Waals surface area contributed by atoms with E-state index in [0.717, 1.165) is 11.1 Å². The second-order valence-corrected chi connectivity index (χ2v) is 5.89. The third-order valence-corrected chi connectivity index (χ3v) is 3.92. The average Bonchev–Trinajstić information content (AvgIpc) is 2.56. The molecule has 0 heterocycles. The summed E-state index contributed by atoms with van der Waals surface area (Å²) in [6.45, 7) is 5.53. The molecule has 4 nitrogen and oxygen atoms in total. The van der Waals surface area contributed by atoms with Gasteiger partial charge in [-0.1, -0.05) is 18.2 Å². The van der Waals surface area contributed by atoms with E-state index in [0.29, 0.717) is 11.3 Å². The molecule has 0 spiro atoms. The van der Waals surface area contributed by atoms with E-state index < -0.39 is 12.1 Å². The van der Waals surface area contributed by atoms with Crippen molar-refractivity contribution in [1.29, 1.82) is 0 Å². The lowest BCUT2D eigenvalue weighted by Crippen LogP contribution is -2.39. The van der Waals surface area contributed by atoms with E-state index in [-0.39, 0.29) is 18.3 Å². The summed E-state index contributed by atoms with van der Waals surface area (Å²) >= 11 is 0. The summed E-state index contributed by atoms with van der Waals surface area (Å²) in [5.74, 6) is -0.0775. The van der Waals surface area contributed by atoms with E-state index in [1.54, 1.807) is 6.92 Å². The van der Waals surface area contributed by atoms with Gasteiger partial charge in [0.1, 0.15) is 11.6 Å². The number of hydrogen-bond donors (Lipinski definition) is 2. The number of nitrogens with one attached hydrogen (secondary N) is 1. The lowest BCUT2D eigenvalue weighted by molar-refractivity contribution is -0.124. The molecule has 2 unspecified atom stereocenters. The van der Waals surface area contributed by atoms with Gasteiger partial charge in [0.05, 0.1) is 12.1 Å². The summed E-state index contributed by atoms with van der Waals surface area (Å²) in [4.78, 5) is 12.0. The van der Waals surface area contributed by atoms with Crippen molar-refractivity contribution in [2.45, 2.75) is 32.9 Å². The Hall–Kier alpha value is -2.40. The highest BCUT2D eigenvalue weighted by atomic mass is 19.1. The number of carbonyl (C=O) groups is 1. The minimum absolute atomic E-state index is 0.136. The van der Waals surface area contributed by atoms with Crippen LogP contribution in [0.1, 0.15) is 29.7 Å². The van der Waals surface area contributed by atoms with Gasteiger partial charge < -0.3 is 15.2 Å². The molecule has 0 aliphatic heterocycles. The van der Waals surface area contributed by atoms with E-state index in [2.05, 4.69) is 5.32 Å². The smallest absolute Gasteiger partial charge is 0.258 e. The number of aliphatic hydroxyl groups excluding tert-OH is 1. The molecule has 2 aromatic carbocycles. The Kier molecular flexibility index (Phi) is 5.93. The summed E-state index contributed by atoms with van der Waals surface area (Å²) in [5, 5.41) is 12.9. The summed E-state index contributed by atoms with van der Waals surface area (Å²) in [5.41, 5.74) is 2.79. The molecule has 0 radical (unpaired) electrons. The second kappa shape index (κ2) is 7.93. The lowest BCUT2D eigenvalue weighted by atomic mass is 10.0. The fraction of sp³-hybridized carbons (Fsp3) is 0.316. The van der Waals surface area contributed by atoms with E-state index in [1.165, 1.54) is 24.3 Å². The molecular weight excluding hydrogens is 309 g/mol. The van der Waals surface area contributed by atoms with Crippen LogP contribution in [0, 0.1) is 19.7 Å². The first-order chi connectivity index (χ1) is 11.4. The van der Waals surface area contributed by atoms with Gasteiger partial charge in [-0.05, 0) is 61.7 Å². The first-order valence-corrected chi connectivity index (χ1v) is 7.80. The summed E-state index contributed by atoms with van der Waals surface area (Å²) < 4.78 is 18.4. The summed E-state index contributed by atoms with van der Waals surface area (Å²) in [6.07, 6.45) is -0.920. The van der Waals surface area contributed by atoms with Crippen LogP contribution in [-0.4, -0.2) is 23.7 Å². The monoisotopic (exact) mass is 331 g/mol. The number of rotatable bonds is 6. The topological polar surface area (TPSA) is 58.6 Å². The van der Waals surface area contributed by atoms with Gasteiger partial charge >= 0.3 is 0 Å². The van der Waals surface area contributed by atoms with Crippen LogP contribution in [0.25, 0.3) is 0 Å². The van der Waals surface area contributed by atoms with Crippen molar-refractivity contribution in [1.82, 2.24) is 5.32 Å². The van der Waals surface area contributed by atoms with Crippen molar-refractivity contribution in [3.63, 3.8) is 0 Å². The van der Waals surface area contributed by atoms with Crippen LogP contribution in [0.15, 0.2) is 42.5 Å². The van der Waals surface area contributed by atoms with Crippen LogP contribution in [0.4, 0.5) is 4.39 Å². The number of benzene rings is 2. The third kappa shape index (κ3) is 4.80. The first-order valence-electron chi connectivity index (χ1n) is 7.80. The lowest BCUT2D eigenvalue weighted by Gasteiger charge is -2.20. The minimum atomic E-state index is -0.920. The summed E-state index contributed by atoms with van der Waals surface area (Å²) in [6, 6.07) is 10.6. The molecule has 0 aliphatic rings. The fourth-order valence-corrected chi connectivity index (χ4v) is 2.28. The van der Waals surface area contributed by atoms with Crippen LogP contribution in [-0.2, 0) is 4.79 Å². The first kappa shape index (κ1) is 17.9. The molecule has 0 aliphatic carbocycles. The number of aliphatic hydroxyl groups is 1. The number of halogens is 1. The van der Waals surface area contributed by atoms with Crippen LogP contribution in [0.3, 0.4) is 0 Å². The Balaban J connectivity index is 1.86. The minimum Gasteiger partial charge on any atom is -0.484 e. The second-order valence-electron chi connectivity index (χ2n) is 5.89. The van der Waals surface area contributed by atoms with Gasteiger partial charge in [0.25, 0.3) is 5.91 Å². The van der Waals surface area contributed by atoms with Gasteiger partial charge in [-0.25, -0.2) is 4.39 Å². The maximum atomic E-state index is 12.9. The zero-order valence-corrected chi connectivity index (χ0v) is 14.0. The average molecular weight is 331 g/mol. The molecule has 0 saturated carbocycles. The highest BCUT2D eigenvalue weighted by molar-refractivity contribution is 5.77. The molecule has 2 N–H and O–H groups in total. The Labute approximate surface area is 141 Å². The predicted molar refractivity (Wildman–Crippen MR) is 90.4 cm³/mol. The SMILES string of the molecule is Cc1ccc(OCC(=O)NC(C)C(O)c2ccc(F)cc2)cc1C. The molecule has 128 valence electrons. The third-order valence-electron chi connectivity index (χ3n) is 3.92. The number of hydrogen-bond acceptors (Lipinski definition) is 3. The van der Waals surface area contributed by atoms with Crippen LogP contribution in [0.5, 0.6) is 5.75 Å². The van der Waals surface area contributed by atoms with Crippen molar-refractivity contribution in [3.8, 4) is 5.75 Å². The van der Waals surface area contributed by atoms with E-state index >= 15 is 0 Å². The normalized spacial score (nSPS) is 13.2. The van der Waals surface area contributed by atoms with E-state index in [4.69, 9.17) is 4.74 Å². The molecule has 2 rings (SSSR count). The van der Waals surface area contributed by atoms with Gasteiger partial charge in [0, 0.05) is 0 Å². The van der Waals surface area contributed by atoms with Gasteiger partial charge in [0.15, 0.2) is 6.61 Å². The molecule has 0 bridgehead atoms. The standard InChI is InChI=1S/C19H22FNO3/c1-12-4-9-17(10-13(12)2)24-11-18(22)21-14(3)19(23)15-5-7-16(20)8-6-15/h4-10,14,19,23H,11H2,1-3H3,(H,21,22). The largest absolute Gasteiger partial charge is 0.484 e. The van der Waals surface area contributed by atoms with Crippen LogP contribution in [0.2, 0.25) is 0 Å². The van der Waals surface area contributed by atoms with E-state index in [1.807, 2.05) is 32.0 Å². The molecule has 0 fully saturated rings. The Morgan fingerprint density at radius 2 is 1.83 bits per heavy atom. The van der Waals surface area contributed by atoms with Gasteiger partial charge in [-0.2, -0.15) is 0 Å². The maximum absolute atomic E-state index is 12.9. The number of carbonyl (C=O) groups excluding carboxylic acids is 1.